The molecular formula is C14H24N2O4. The number of hydrogen-bond acceptors (Lipinski definition) is 4. The van der Waals surface area contributed by atoms with Gasteiger partial charge in [-0.3, -0.25) is 4.79 Å². The first-order chi connectivity index (χ1) is 9.63. The second-order valence-electron chi connectivity index (χ2n) is 5.37. The maximum atomic E-state index is 12.3. The maximum Gasteiger partial charge on any atom is 0.409 e. The highest BCUT2D eigenvalue weighted by Crippen LogP contribution is 2.20. The molecule has 20 heavy (non-hydrogen) atoms. The molecule has 2 fully saturated rings. The van der Waals surface area contributed by atoms with E-state index in [1.54, 1.807) is 16.7 Å². The van der Waals surface area contributed by atoms with Gasteiger partial charge in [0.05, 0.1) is 6.61 Å². The Morgan fingerprint density at radius 1 is 1.30 bits per heavy atom. The summed E-state index contributed by atoms with van der Waals surface area (Å²) < 4.78 is 10.4. The van der Waals surface area contributed by atoms with E-state index in [0.29, 0.717) is 26.3 Å². The third-order valence-electron chi connectivity index (χ3n) is 4.09. The number of carbonyl (C=O) groups is 2. The highest BCUT2D eigenvalue weighted by molar-refractivity contribution is 5.81. The van der Waals surface area contributed by atoms with Crippen molar-refractivity contribution < 1.29 is 19.1 Å². The van der Waals surface area contributed by atoms with Crippen LogP contribution < -0.4 is 0 Å². The summed E-state index contributed by atoms with van der Waals surface area (Å²) in [6, 6.07) is 0.192. The largest absolute Gasteiger partial charge is 0.450 e. The number of carbonyl (C=O) groups excluding carboxylic acids is 2. The average molecular weight is 284 g/mol. The Labute approximate surface area is 120 Å². The summed E-state index contributed by atoms with van der Waals surface area (Å²) in [5.74, 6) is 0.0806. The third-order valence-corrected chi connectivity index (χ3v) is 4.09. The molecule has 2 rings (SSSR count). The summed E-state index contributed by atoms with van der Waals surface area (Å²) in [6.07, 6.45) is 2.87. The Hall–Kier alpha value is -1.30. The van der Waals surface area contributed by atoms with Crippen LogP contribution in [0.25, 0.3) is 0 Å². The van der Waals surface area contributed by atoms with Gasteiger partial charge < -0.3 is 19.3 Å². The van der Waals surface area contributed by atoms with E-state index >= 15 is 0 Å². The zero-order chi connectivity index (χ0) is 14.5. The number of rotatable bonds is 3. The second-order valence-corrected chi connectivity index (χ2v) is 5.37. The van der Waals surface area contributed by atoms with Crippen LogP contribution >= 0.6 is 0 Å². The average Bonchev–Trinajstić information content (AvgIpc) is 3.00. The standard InChI is InChI=1S/C14H24N2O4/c1-3-19-14(18)16-8-6-11(7-9-16)15(2)13(17)12-5-4-10-20-12/h11-12H,3-10H2,1-2H3. The lowest BCUT2D eigenvalue weighted by atomic mass is 10.0. The van der Waals surface area contributed by atoms with Crippen LogP contribution in [0.4, 0.5) is 4.79 Å². The molecule has 0 aromatic carbocycles. The summed E-state index contributed by atoms with van der Waals surface area (Å²) in [5.41, 5.74) is 0. The van der Waals surface area contributed by atoms with Gasteiger partial charge in [-0.2, -0.15) is 0 Å². The molecule has 0 bridgehead atoms. The Kier molecular flexibility index (Phi) is 5.23. The molecule has 2 aliphatic heterocycles. The number of piperidine rings is 1. The predicted octanol–water partition coefficient (Wildman–Crippen LogP) is 1.24. The normalized spacial score (nSPS) is 23.7. The topological polar surface area (TPSA) is 59.1 Å². The smallest absolute Gasteiger partial charge is 0.409 e. The van der Waals surface area contributed by atoms with Gasteiger partial charge in [-0.05, 0) is 32.6 Å². The van der Waals surface area contributed by atoms with Crippen molar-refractivity contribution in [2.45, 2.75) is 44.8 Å². The third kappa shape index (κ3) is 3.42. The number of nitrogens with zero attached hydrogens (tertiary/aromatic N) is 2. The van der Waals surface area contributed by atoms with Crippen molar-refractivity contribution >= 4 is 12.0 Å². The molecule has 0 aromatic heterocycles. The van der Waals surface area contributed by atoms with E-state index < -0.39 is 0 Å². The van der Waals surface area contributed by atoms with E-state index in [9.17, 15) is 9.59 Å². The molecule has 0 saturated carbocycles. The minimum Gasteiger partial charge on any atom is -0.450 e. The van der Waals surface area contributed by atoms with Crippen LogP contribution in [0.2, 0.25) is 0 Å². The molecule has 2 aliphatic rings. The van der Waals surface area contributed by atoms with Crippen LogP contribution in [0.5, 0.6) is 0 Å². The number of ether oxygens (including phenoxy) is 2. The molecule has 6 nitrogen and oxygen atoms in total. The number of hydrogen-bond donors (Lipinski definition) is 0. The van der Waals surface area contributed by atoms with Crippen LogP contribution in [0, 0.1) is 0 Å². The zero-order valence-electron chi connectivity index (χ0n) is 12.3. The minimum absolute atomic E-state index is 0.0806. The molecule has 1 unspecified atom stereocenters. The van der Waals surface area contributed by atoms with Gasteiger partial charge in [0.15, 0.2) is 0 Å². The SMILES string of the molecule is CCOC(=O)N1CCC(N(C)C(=O)C2CCCO2)CC1. The van der Waals surface area contributed by atoms with E-state index in [-0.39, 0.29) is 24.1 Å². The van der Waals surface area contributed by atoms with Crippen molar-refractivity contribution in [3.63, 3.8) is 0 Å². The van der Waals surface area contributed by atoms with Crippen molar-refractivity contribution in [2.24, 2.45) is 0 Å². The first-order valence-electron chi connectivity index (χ1n) is 7.43. The highest BCUT2D eigenvalue weighted by Gasteiger charge is 2.32. The van der Waals surface area contributed by atoms with E-state index in [1.165, 1.54) is 0 Å². The monoisotopic (exact) mass is 284 g/mol. The first kappa shape index (κ1) is 15.1. The fourth-order valence-corrected chi connectivity index (χ4v) is 2.83. The van der Waals surface area contributed by atoms with Gasteiger partial charge in [0.25, 0.3) is 5.91 Å². The van der Waals surface area contributed by atoms with Crippen LogP contribution in [-0.4, -0.2) is 67.3 Å². The molecule has 0 aliphatic carbocycles. The molecule has 0 aromatic rings. The highest BCUT2D eigenvalue weighted by atomic mass is 16.6. The Bertz CT molecular complexity index is 347. The molecule has 6 heteroatoms. The zero-order valence-corrected chi connectivity index (χ0v) is 12.3. The Morgan fingerprint density at radius 3 is 2.55 bits per heavy atom. The van der Waals surface area contributed by atoms with E-state index in [1.807, 2.05) is 7.05 Å². The van der Waals surface area contributed by atoms with E-state index in [0.717, 1.165) is 25.7 Å². The fraction of sp³-hybridized carbons (Fsp3) is 0.857. The van der Waals surface area contributed by atoms with Gasteiger partial charge in [0.1, 0.15) is 6.10 Å². The van der Waals surface area contributed by atoms with Gasteiger partial charge >= 0.3 is 6.09 Å². The van der Waals surface area contributed by atoms with Crippen molar-refractivity contribution in [1.29, 1.82) is 0 Å². The van der Waals surface area contributed by atoms with Crippen molar-refractivity contribution in [3.05, 3.63) is 0 Å². The van der Waals surface area contributed by atoms with Gasteiger partial charge in [-0.1, -0.05) is 0 Å². The maximum absolute atomic E-state index is 12.3. The lowest BCUT2D eigenvalue weighted by molar-refractivity contribution is -0.142. The number of amides is 2. The summed E-state index contributed by atoms with van der Waals surface area (Å²) in [4.78, 5) is 27.4. The van der Waals surface area contributed by atoms with Crippen molar-refractivity contribution in [3.8, 4) is 0 Å². The molecule has 2 saturated heterocycles. The lowest BCUT2D eigenvalue weighted by Crippen LogP contribution is -2.49. The molecule has 0 N–H and O–H groups in total. The lowest BCUT2D eigenvalue weighted by Gasteiger charge is -2.36. The quantitative estimate of drug-likeness (QED) is 0.782. The Balaban J connectivity index is 1.80. The summed E-state index contributed by atoms with van der Waals surface area (Å²) in [6.45, 7) is 4.18. The second kappa shape index (κ2) is 6.92. The van der Waals surface area contributed by atoms with Gasteiger partial charge in [-0.15, -0.1) is 0 Å². The first-order valence-corrected chi connectivity index (χ1v) is 7.43. The van der Waals surface area contributed by atoms with Gasteiger partial charge in [0.2, 0.25) is 0 Å². The summed E-state index contributed by atoms with van der Waals surface area (Å²) in [5, 5.41) is 0. The van der Waals surface area contributed by atoms with E-state index in [2.05, 4.69) is 0 Å². The molecule has 114 valence electrons. The van der Waals surface area contributed by atoms with Gasteiger partial charge in [0, 0.05) is 32.8 Å². The summed E-state index contributed by atoms with van der Waals surface area (Å²) >= 11 is 0. The summed E-state index contributed by atoms with van der Waals surface area (Å²) in [7, 11) is 1.84. The van der Waals surface area contributed by atoms with Gasteiger partial charge in [-0.25, -0.2) is 4.79 Å². The van der Waals surface area contributed by atoms with Crippen molar-refractivity contribution in [2.75, 3.05) is 33.4 Å². The minimum atomic E-state index is -0.261. The molecular weight excluding hydrogens is 260 g/mol. The van der Waals surface area contributed by atoms with Crippen molar-refractivity contribution in [1.82, 2.24) is 9.80 Å². The molecule has 0 radical (unpaired) electrons. The Morgan fingerprint density at radius 2 is 2.00 bits per heavy atom. The molecule has 2 amide bonds. The fourth-order valence-electron chi connectivity index (χ4n) is 2.83. The van der Waals surface area contributed by atoms with Crippen LogP contribution in [-0.2, 0) is 14.3 Å². The van der Waals surface area contributed by atoms with Crippen LogP contribution in [0.1, 0.15) is 32.6 Å². The van der Waals surface area contributed by atoms with E-state index in [4.69, 9.17) is 9.47 Å². The van der Waals surface area contributed by atoms with Crippen LogP contribution in [0.3, 0.4) is 0 Å². The number of likely N-dealkylation sites (tertiary alicyclic amines) is 1. The molecule has 1 atom stereocenters. The predicted molar refractivity (Wildman–Crippen MR) is 73.4 cm³/mol. The number of likely N-dealkylation sites (N-methyl/N-ethyl adjacent to an activating group) is 1. The van der Waals surface area contributed by atoms with Crippen LogP contribution in [0.15, 0.2) is 0 Å². The molecule has 0 spiro atoms. The molecule has 2 heterocycles.